The molecular weight excluding hydrogens is 815 g/mol. The number of ether oxygens (including phenoxy) is 5. The van der Waals surface area contributed by atoms with Gasteiger partial charge in [0, 0.05) is 12.3 Å². The normalized spacial score (nSPS) is 11.0. The highest BCUT2D eigenvalue weighted by molar-refractivity contribution is 5.94. The molecule has 0 aliphatic carbocycles. The van der Waals surface area contributed by atoms with Gasteiger partial charge >= 0.3 is 17.9 Å². The van der Waals surface area contributed by atoms with Gasteiger partial charge in [0.05, 0.1) is 35.6 Å². The fourth-order valence-electron chi connectivity index (χ4n) is 7.13. The summed E-state index contributed by atoms with van der Waals surface area (Å²) in [6.45, 7) is 5.86. The largest absolute Gasteiger partial charge is 0.494 e. The summed E-state index contributed by atoms with van der Waals surface area (Å²) in [5, 5.41) is 0. The van der Waals surface area contributed by atoms with Gasteiger partial charge in [-0.25, -0.2) is 14.4 Å². The molecular formula is C56H67NO8. The Labute approximate surface area is 386 Å². The molecule has 0 unspecified atom stereocenters. The van der Waals surface area contributed by atoms with Gasteiger partial charge in [0.2, 0.25) is 0 Å². The number of esters is 3. The molecule has 0 amide bonds. The lowest BCUT2D eigenvalue weighted by Crippen LogP contribution is -2.11. The van der Waals surface area contributed by atoms with Gasteiger partial charge in [0.25, 0.3) is 0 Å². The maximum atomic E-state index is 13.0. The van der Waals surface area contributed by atoms with E-state index in [1.807, 2.05) is 24.3 Å². The summed E-state index contributed by atoms with van der Waals surface area (Å²) < 4.78 is 28.4. The molecule has 5 aromatic rings. The molecule has 0 bridgehead atoms. The number of carbonyl (C=O) groups excluding carboxylic acids is 3. The van der Waals surface area contributed by atoms with E-state index in [1.54, 1.807) is 72.9 Å². The minimum absolute atomic E-state index is 0.196. The second-order valence-electron chi connectivity index (χ2n) is 16.4. The van der Waals surface area contributed by atoms with Crippen LogP contribution in [0.2, 0.25) is 0 Å². The first kappa shape index (κ1) is 49.8. The Kier molecular flexibility index (Phi) is 22.4. The van der Waals surface area contributed by atoms with E-state index < -0.39 is 17.9 Å². The fraction of sp³-hybridized carbons (Fsp3) is 0.393. The van der Waals surface area contributed by atoms with Crippen LogP contribution in [0.25, 0.3) is 0 Å². The summed E-state index contributed by atoms with van der Waals surface area (Å²) in [6, 6.07) is 33.9. The van der Waals surface area contributed by atoms with E-state index in [0.29, 0.717) is 23.5 Å². The summed E-state index contributed by atoms with van der Waals surface area (Å²) in [7, 11) is 0. The molecule has 9 nitrogen and oxygen atoms in total. The zero-order valence-electron chi connectivity index (χ0n) is 38.5. The van der Waals surface area contributed by atoms with Crippen molar-refractivity contribution in [2.75, 3.05) is 13.2 Å². The van der Waals surface area contributed by atoms with Crippen molar-refractivity contribution in [1.29, 1.82) is 0 Å². The Morgan fingerprint density at radius 3 is 1.18 bits per heavy atom. The van der Waals surface area contributed by atoms with Crippen molar-refractivity contribution in [2.45, 2.75) is 129 Å². The number of rotatable bonds is 30. The molecule has 0 radical (unpaired) electrons. The Bertz CT molecular complexity index is 2160. The van der Waals surface area contributed by atoms with E-state index in [2.05, 4.69) is 18.8 Å². The minimum atomic E-state index is -0.629. The van der Waals surface area contributed by atoms with Crippen molar-refractivity contribution < 1.29 is 38.1 Å². The van der Waals surface area contributed by atoms with Gasteiger partial charge < -0.3 is 23.7 Å². The molecule has 9 heteroatoms. The van der Waals surface area contributed by atoms with Crippen LogP contribution in [-0.2, 0) is 0 Å². The van der Waals surface area contributed by atoms with E-state index in [9.17, 15) is 14.4 Å². The lowest BCUT2D eigenvalue weighted by molar-refractivity contribution is 0.0723. The molecule has 0 aromatic heterocycles. The van der Waals surface area contributed by atoms with Crippen molar-refractivity contribution in [3.05, 3.63) is 144 Å². The maximum absolute atomic E-state index is 13.0. The molecule has 5 rings (SSSR count). The van der Waals surface area contributed by atoms with Crippen LogP contribution < -0.4 is 23.7 Å². The van der Waals surface area contributed by atoms with Crippen molar-refractivity contribution >= 4 is 29.8 Å². The monoisotopic (exact) mass is 881 g/mol. The molecule has 0 N–H and O–H groups in total. The lowest BCUT2D eigenvalue weighted by Gasteiger charge is -2.09. The molecule has 65 heavy (non-hydrogen) atoms. The second kappa shape index (κ2) is 29.3. The predicted molar refractivity (Wildman–Crippen MR) is 260 cm³/mol. The van der Waals surface area contributed by atoms with Crippen LogP contribution >= 0.6 is 0 Å². The Morgan fingerprint density at radius 2 is 0.754 bits per heavy atom. The predicted octanol–water partition coefficient (Wildman–Crippen LogP) is 14.9. The molecule has 0 atom stereocenters. The van der Waals surface area contributed by atoms with E-state index >= 15 is 0 Å². The third-order valence-corrected chi connectivity index (χ3v) is 11.0. The number of hydrogen-bond acceptors (Lipinski definition) is 9. The minimum Gasteiger partial charge on any atom is -0.494 e. The topological polar surface area (TPSA) is 110 Å². The van der Waals surface area contributed by atoms with E-state index in [-0.39, 0.29) is 22.8 Å². The molecule has 0 saturated carbocycles. The highest BCUT2D eigenvalue weighted by atomic mass is 16.5. The van der Waals surface area contributed by atoms with Crippen molar-refractivity contribution in [3.8, 4) is 28.7 Å². The van der Waals surface area contributed by atoms with E-state index in [1.165, 1.54) is 127 Å². The summed E-state index contributed by atoms with van der Waals surface area (Å²) in [4.78, 5) is 43.3. The average molecular weight is 882 g/mol. The highest BCUT2D eigenvalue weighted by Crippen LogP contribution is 2.24. The smallest absolute Gasteiger partial charge is 0.343 e. The number of hydrogen-bond donors (Lipinski definition) is 0. The van der Waals surface area contributed by atoms with Crippen LogP contribution in [0.1, 0.15) is 166 Å². The standard InChI is InChI=1S/C56H67NO8/c1-3-5-7-9-11-13-14-16-18-19-40-61-49-34-28-46(29-35-49)54(58)63-51-36-30-47(31-37-51)56(60)65-53-23-21-22-52(42-53)64-55(59)45-26-24-44(25-27-45)43-57-48-32-38-50(39-33-48)62-41-20-17-15-12-10-8-6-4-2/h21-39,42-43H,3-20,40-41H2,1-2H3. The molecule has 344 valence electrons. The third-order valence-electron chi connectivity index (χ3n) is 11.0. The number of carbonyl (C=O) groups is 3. The molecule has 0 spiro atoms. The molecule has 0 heterocycles. The number of unbranched alkanes of at least 4 members (excludes halogenated alkanes) is 16. The van der Waals surface area contributed by atoms with Gasteiger partial charge in [0.1, 0.15) is 28.7 Å². The van der Waals surface area contributed by atoms with Gasteiger partial charge in [-0.3, -0.25) is 4.99 Å². The summed E-state index contributed by atoms with van der Waals surface area (Å²) in [6.07, 6.45) is 24.6. The second-order valence-corrected chi connectivity index (χ2v) is 16.4. The third kappa shape index (κ3) is 19.2. The van der Waals surface area contributed by atoms with Crippen LogP contribution in [-0.4, -0.2) is 37.3 Å². The zero-order valence-corrected chi connectivity index (χ0v) is 38.5. The molecule has 5 aromatic carbocycles. The summed E-state index contributed by atoms with van der Waals surface area (Å²) >= 11 is 0. The number of nitrogens with zero attached hydrogens (tertiary/aromatic N) is 1. The van der Waals surface area contributed by atoms with Gasteiger partial charge in [-0.05, 0) is 115 Å². The van der Waals surface area contributed by atoms with Gasteiger partial charge in [-0.1, -0.05) is 135 Å². The highest BCUT2D eigenvalue weighted by Gasteiger charge is 2.14. The van der Waals surface area contributed by atoms with Crippen molar-refractivity contribution in [1.82, 2.24) is 0 Å². The van der Waals surface area contributed by atoms with Crippen LogP contribution in [0.15, 0.2) is 126 Å². The molecule has 0 saturated heterocycles. The first-order chi connectivity index (χ1) is 31.9. The van der Waals surface area contributed by atoms with Crippen LogP contribution in [0.5, 0.6) is 28.7 Å². The van der Waals surface area contributed by atoms with Crippen LogP contribution in [0, 0.1) is 0 Å². The Balaban J connectivity index is 0.985. The molecule has 0 fully saturated rings. The van der Waals surface area contributed by atoms with Gasteiger partial charge in [-0.15, -0.1) is 0 Å². The fourth-order valence-corrected chi connectivity index (χ4v) is 7.13. The van der Waals surface area contributed by atoms with Crippen molar-refractivity contribution in [3.63, 3.8) is 0 Å². The maximum Gasteiger partial charge on any atom is 0.343 e. The van der Waals surface area contributed by atoms with Gasteiger partial charge in [0.15, 0.2) is 0 Å². The Morgan fingerprint density at radius 1 is 0.400 bits per heavy atom. The zero-order chi connectivity index (χ0) is 45.7. The lowest BCUT2D eigenvalue weighted by atomic mass is 10.1. The SMILES string of the molecule is CCCCCCCCCCCCOc1ccc(C(=O)Oc2ccc(C(=O)Oc3cccc(OC(=O)c4ccc(C=Nc5ccc(OCCCCCCCCCC)cc5)cc4)c3)cc2)cc1. The molecule has 0 aliphatic heterocycles. The Hall–Kier alpha value is -6.22. The first-order valence-electron chi connectivity index (χ1n) is 23.9. The quantitative estimate of drug-likeness (QED) is 0.0194. The molecule has 0 aliphatic rings. The number of benzene rings is 5. The summed E-state index contributed by atoms with van der Waals surface area (Å²) in [5.41, 5.74) is 2.60. The number of aliphatic imine (C=N–C) groups is 1. The summed E-state index contributed by atoms with van der Waals surface area (Å²) in [5.74, 6) is 0.524. The van der Waals surface area contributed by atoms with Crippen LogP contribution in [0.4, 0.5) is 5.69 Å². The van der Waals surface area contributed by atoms with Crippen LogP contribution in [0.3, 0.4) is 0 Å². The first-order valence-corrected chi connectivity index (χ1v) is 23.9. The van der Waals surface area contributed by atoms with E-state index in [4.69, 9.17) is 23.7 Å². The van der Waals surface area contributed by atoms with Crippen molar-refractivity contribution in [2.24, 2.45) is 4.99 Å². The average Bonchev–Trinajstić information content (AvgIpc) is 3.33. The van der Waals surface area contributed by atoms with E-state index in [0.717, 1.165) is 42.9 Å². The van der Waals surface area contributed by atoms with Gasteiger partial charge in [-0.2, -0.15) is 0 Å².